The summed E-state index contributed by atoms with van der Waals surface area (Å²) in [5.41, 5.74) is 1.72. The molecular formula is C45H63N7O13. The second-order valence-electron chi connectivity index (χ2n) is 18.5. The number of nitrogens with two attached hydrogens (primary N) is 1. The van der Waals surface area contributed by atoms with Crippen molar-refractivity contribution in [1.82, 2.24) is 26.2 Å². The van der Waals surface area contributed by atoms with Crippen molar-refractivity contribution in [2.45, 2.75) is 147 Å². The second-order valence-corrected chi connectivity index (χ2v) is 18.5. The van der Waals surface area contributed by atoms with Gasteiger partial charge in [-0.1, -0.05) is 65.4 Å². The number of esters is 1. The van der Waals surface area contributed by atoms with E-state index in [0.717, 1.165) is 80.9 Å². The Morgan fingerprint density at radius 2 is 1.46 bits per heavy atom. The van der Waals surface area contributed by atoms with E-state index in [1.165, 1.54) is 13.0 Å². The molecule has 0 spiro atoms. The number of nitrogens with zero attached hydrogens (tertiary/aromatic N) is 2. The molecule has 1 unspecified atom stereocenters. The van der Waals surface area contributed by atoms with Crippen molar-refractivity contribution in [3.63, 3.8) is 0 Å². The predicted octanol–water partition coefficient (Wildman–Crippen LogP) is 1.84. The zero-order valence-corrected chi connectivity index (χ0v) is 37.7. The maximum absolute atomic E-state index is 14.6. The molecule has 1 saturated heterocycles. The Bertz CT molecular complexity index is 2010. The summed E-state index contributed by atoms with van der Waals surface area (Å²) in [6.07, 6.45) is 13.8. The quantitative estimate of drug-likeness (QED) is 0.0496. The van der Waals surface area contributed by atoms with E-state index in [2.05, 4.69) is 26.0 Å². The average molecular weight is 910 g/mol. The number of amides is 6. The number of nitro groups is 1. The van der Waals surface area contributed by atoms with Gasteiger partial charge in [0.15, 0.2) is 5.78 Å². The molecule has 4 rings (SSSR count). The van der Waals surface area contributed by atoms with Crippen LogP contribution in [0.4, 0.5) is 0 Å². The summed E-state index contributed by atoms with van der Waals surface area (Å²) in [6.45, 7) is 5.58. The van der Waals surface area contributed by atoms with Gasteiger partial charge in [-0.15, -0.1) is 0 Å². The molecule has 2 saturated carbocycles. The lowest BCUT2D eigenvalue weighted by molar-refractivity contribution is -0.535. The number of nitrogens with one attached hydrogen (secondary N) is 4. The van der Waals surface area contributed by atoms with E-state index in [4.69, 9.17) is 5.73 Å². The molecule has 4 aliphatic rings. The Balaban J connectivity index is 1.61. The molecule has 20 heteroatoms. The van der Waals surface area contributed by atoms with Crippen LogP contribution in [0.1, 0.15) is 111 Å². The number of rotatable bonds is 18. The van der Waals surface area contributed by atoms with Gasteiger partial charge < -0.3 is 41.7 Å². The monoisotopic (exact) mass is 909 g/mol. The summed E-state index contributed by atoms with van der Waals surface area (Å²) in [5.74, 6) is -8.05. The van der Waals surface area contributed by atoms with E-state index in [1.54, 1.807) is 20.8 Å². The van der Waals surface area contributed by atoms with Crippen LogP contribution in [-0.4, -0.2) is 117 Å². The normalized spacial score (nSPS) is 22.6. The molecule has 0 aromatic heterocycles. The van der Waals surface area contributed by atoms with Crippen LogP contribution in [0.2, 0.25) is 0 Å². The maximum atomic E-state index is 14.6. The third-order valence-electron chi connectivity index (χ3n) is 12.6. The van der Waals surface area contributed by atoms with E-state index in [0.29, 0.717) is 25.7 Å². The minimum absolute atomic E-state index is 0.0129. The van der Waals surface area contributed by atoms with Gasteiger partial charge in [0.1, 0.15) is 30.2 Å². The lowest BCUT2D eigenvalue weighted by Gasteiger charge is -2.37. The molecule has 6 atom stereocenters. The lowest BCUT2D eigenvalue weighted by atomic mass is 9.81. The number of carboxylic acids is 1. The Kier molecular flexibility index (Phi) is 17.9. The topological polar surface area (TPSA) is 304 Å². The summed E-state index contributed by atoms with van der Waals surface area (Å²) < 4.78 is 4.61. The Morgan fingerprint density at radius 1 is 0.892 bits per heavy atom. The number of carbonyl (C=O) groups is 9. The molecule has 1 aliphatic heterocycles. The molecule has 7 N–H and O–H groups in total. The Labute approximate surface area is 377 Å². The highest BCUT2D eigenvalue weighted by molar-refractivity contribution is 6.08. The van der Waals surface area contributed by atoms with Crippen molar-refractivity contribution in [1.29, 1.82) is 0 Å². The van der Waals surface area contributed by atoms with Gasteiger partial charge in [0, 0.05) is 24.3 Å². The fourth-order valence-corrected chi connectivity index (χ4v) is 8.72. The minimum atomic E-state index is -1.87. The first-order valence-corrected chi connectivity index (χ1v) is 22.2. The average Bonchev–Trinajstić information content (AvgIpc) is 3.56. The molecule has 65 heavy (non-hydrogen) atoms. The first-order chi connectivity index (χ1) is 30.6. The number of hydrogen-bond donors (Lipinski definition) is 6. The van der Waals surface area contributed by atoms with Crippen LogP contribution in [0.15, 0.2) is 47.6 Å². The lowest BCUT2D eigenvalue weighted by Crippen LogP contribution is -2.62. The number of aliphatic carboxylic acids is 1. The van der Waals surface area contributed by atoms with Crippen molar-refractivity contribution >= 4 is 53.2 Å². The van der Waals surface area contributed by atoms with E-state index in [1.807, 2.05) is 0 Å². The molecule has 0 aromatic carbocycles. The summed E-state index contributed by atoms with van der Waals surface area (Å²) in [7, 11) is 1.16. The van der Waals surface area contributed by atoms with Crippen molar-refractivity contribution in [2.75, 3.05) is 13.7 Å². The van der Waals surface area contributed by atoms with Gasteiger partial charge in [-0.2, -0.15) is 0 Å². The van der Waals surface area contributed by atoms with Crippen molar-refractivity contribution in [3.05, 3.63) is 57.7 Å². The molecule has 3 aliphatic carbocycles. The number of hydrogen-bond acceptors (Lipinski definition) is 12. The molecule has 0 bridgehead atoms. The van der Waals surface area contributed by atoms with Gasteiger partial charge in [-0.25, -0.2) is 9.59 Å². The van der Waals surface area contributed by atoms with E-state index in [9.17, 15) is 58.4 Å². The fourth-order valence-electron chi connectivity index (χ4n) is 8.72. The number of methoxy groups -OCH3 is 1. The van der Waals surface area contributed by atoms with E-state index >= 15 is 0 Å². The number of primary amides is 1. The standard InChI is InChI=1S/C45H63N7O13/c1-44(2,3)36(50-39(57)31(18-12-13-19-33(54)65-5)47-38(56)29-20-22-45(4,52(63)64)23-21-30(29)43(61)62)42(60)51-25-28(53)24-32(51)40(58)49-35(27-16-10-7-11-17-27)41(59)48-34(37(46)55)26-14-8-6-9-15-26/h13,19-23,26-27,31-32,34-36H,6-12,14-18,24-25H2,1-5H3,(H2,46,55)(H,47,56)(H,48,59)(H,49,58)(H,50,57)(H,61,62)/b19-13+/t31-,32-,34-,35-,36+,45?/m0/s1. The number of ketones is 1. The van der Waals surface area contributed by atoms with E-state index in [-0.39, 0.29) is 31.1 Å². The van der Waals surface area contributed by atoms with Gasteiger partial charge >= 0.3 is 11.9 Å². The maximum Gasteiger partial charge on any atom is 0.336 e. The summed E-state index contributed by atoms with van der Waals surface area (Å²) in [6, 6.07) is -6.34. The molecule has 20 nitrogen and oxygen atoms in total. The van der Waals surface area contributed by atoms with Crippen molar-refractivity contribution in [2.24, 2.45) is 23.0 Å². The first-order valence-electron chi connectivity index (χ1n) is 22.2. The molecule has 356 valence electrons. The molecule has 1 heterocycles. The summed E-state index contributed by atoms with van der Waals surface area (Å²) >= 11 is 0. The van der Waals surface area contributed by atoms with Crippen LogP contribution < -0.4 is 27.0 Å². The number of carboxylic acid groups (broad SMARTS) is 1. The van der Waals surface area contributed by atoms with Gasteiger partial charge in [0.05, 0.1) is 24.8 Å². The largest absolute Gasteiger partial charge is 0.478 e. The molecular weight excluding hydrogens is 847 g/mol. The van der Waals surface area contributed by atoms with E-state index < -0.39 is 117 Å². The number of Topliss-reactive ketones (excluding diaryl/α,β-unsaturated/α-hetero) is 1. The zero-order chi connectivity index (χ0) is 48.2. The van der Waals surface area contributed by atoms with Crippen molar-refractivity contribution < 1.29 is 57.9 Å². The third kappa shape index (κ3) is 13.7. The smallest absolute Gasteiger partial charge is 0.336 e. The third-order valence-corrected chi connectivity index (χ3v) is 12.6. The Morgan fingerprint density at radius 3 is 1.98 bits per heavy atom. The summed E-state index contributed by atoms with van der Waals surface area (Å²) in [4.78, 5) is 133. The van der Waals surface area contributed by atoms with Crippen LogP contribution in [0.3, 0.4) is 0 Å². The van der Waals surface area contributed by atoms with Crippen LogP contribution in [0.5, 0.6) is 0 Å². The highest BCUT2D eigenvalue weighted by Gasteiger charge is 2.47. The number of carbonyl (C=O) groups excluding carboxylic acids is 8. The zero-order valence-electron chi connectivity index (χ0n) is 37.7. The highest BCUT2D eigenvalue weighted by atomic mass is 16.6. The molecule has 3 fully saturated rings. The Hall–Kier alpha value is -6.21. The van der Waals surface area contributed by atoms with Crippen LogP contribution in [0.25, 0.3) is 0 Å². The highest BCUT2D eigenvalue weighted by Crippen LogP contribution is 2.31. The van der Waals surface area contributed by atoms with Gasteiger partial charge in [-0.3, -0.25) is 43.7 Å². The van der Waals surface area contributed by atoms with Crippen LogP contribution in [-0.2, 0) is 47.9 Å². The SMILES string of the molecule is COC(=O)/C=C/CC[C@H](NC(=O)C1=C(C(=O)O)C=CC(C)([N+](=O)[O-])C=C1)C(=O)N[C@H](C(=O)N1CC(=O)C[C@H]1C(=O)N[C@H](C(=O)N[C@H](C(N)=O)C1CCCCC1)C1CCCCC1)C(C)(C)C. The molecule has 0 aromatic rings. The van der Waals surface area contributed by atoms with Gasteiger partial charge in [0.25, 0.3) is 11.4 Å². The first kappa shape index (κ1) is 51.4. The fraction of sp³-hybridized carbons (Fsp3) is 0.622. The van der Waals surface area contributed by atoms with Crippen LogP contribution in [0, 0.1) is 27.4 Å². The van der Waals surface area contributed by atoms with Crippen LogP contribution >= 0.6 is 0 Å². The number of ether oxygens (including phenoxy) is 1. The minimum Gasteiger partial charge on any atom is -0.478 e. The molecule has 6 amide bonds. The second kappa shape index (κ2) is 22.6. The summed E-state index contributed by atoms with van der Waals surface area (Å²) in [5, 5.41) is 32.5. The van der Waals surface area contributed by atoms with Crippen molar-refractivity contribution in [3.8, 4) is 0 Å². The number of allylic oxidation sites excluding steroid dienone is 1. The predicted molar refractivity (Wildman–Crippen MR) is 233 cm³/mol. The number of likely N-dealkylation sites (tertiary alicyclic amines) is 1. The van der Waals surface area contributed by atoms with Gasteiger partial charge in [0.2, 0.25) is 29.5 Å². The molecule has 0 radical (unpaired) electrons. The van der Waals surface area contributed by atoms with Gasteiger partial charge in [-0.05, 0) is 80.1 Å².